The van der Waals surface area contributed by atoms with Gasteiger partial charge in [0.2, 0.25) is 11.8 Å². The van der Waals surface area contributed by atoms with E-state index < -0.39 is 0 Å². The average molecular weight is 376 g/mol. The fraction of sp³-hybridized carbons (Fsp3) is 0.619. The fourth-order valence-corrected chi connectivity index (χ4v) is 3.73. The van der Waals surface area contributed by atoms with Crippen molar-refractivity contribution in [3.05, 3.63) is 24.3 Å². The van der Waals surface area contributed by atoms with Gasteiger partial charge < -0.3 is 15.0 Å². The SMILES string of the molecule is CCN(CC(=O)Nc1ccccc1OC)CC(=O)N(CC)C1CCCCC1. The zero-order chi connectivity index (χ0) is 19.6. The van der Waals surface area contributed by atoms with E-state index in [1.165, 1.54) is 19.3 Å². The molecule has 1 fully saturated rings. The number of anilines is 1. The molecule has 1 aliphatic carbocycles. The van der Waals surface area contributed by atoms with Crippen LogP contribution in [0.5, 0.6) is 5.75 Å². The van der Waals surface area contributed by atoms with Gasteiger partial charge in [-0.15, -0.1) is 0 Å². The molecule has 2 amide bonds. The van der Waals surface area contributed by atoms with Gasteiger partial charge in [-0.3, -0.25) is 14.5 Å². The maximum Gasteiger partial charge on any atom is 0.238 e. The first-order valence-electron chi connectivity index (χ1n) is 10.0. The highest BCUT2D eigenvalue weighted by atomic mass is 16.5. The van der Waals surface area contributed by atoms with Crippen LogP contribution in [0.3, 0.4) is 0 Å². The highest BCUT2D eigenvalue weighted by Crippen LogP contribution is 2.24. The van der Waals surface area contributed by atoms with Crippen molar-refractivity contribution in [3.8, 4) is 5.75 Å². The summed E-state index contributed by atoms with van der Waals surface area (Å²) < 4.78 is 5.27. The molecule has 1 N–H and O–H groups in total. The fourth-order valence-electron chi connectivity index (χ4n) is 3.73. The molecular formula is C21H33N3O3. The molecule has 1 aromatic carbocycles. The minimum absolute atomic E-state index is 0.122. The first-order chi connectivity index (χ1) is 13.1. The summed E-state index contributed by atoms with van der Waals surface area (Å²) in [6.45, 7) is 5.85. The van der Waals surface area contributed by atoms with Gasteiger partial charge in [-0.05, 0) is 38.4 Å². The monoisotopic (exact) mass is 375 g/mol. The Morgan fingerprint density at radius 1 is 1.07 bits per heavy atom. The van der Waals surface area contributed by atoms with Gasteiger partial charge in [-0.1, -0.05) is 38.3 Å². The van der Waals surface area contributed by atoms with Crippen molar-refractivity contribution in [3.63, 3.8) is 0 Å². The number of nitrogens with zero attached hydrogens (tertiary/aromatic N) is 2. The average Bonchev–Trinajstić information content (AvgIpc) is 2.69. The molecule has 27 heavy (non-hydrogen) atoms. The Labute approximate surface area is 162 Å². The molecular weight excluding hydrogens is 342 g/mol. The van der Waals surface area contributed by atoms with Gasteiger partial charge in [0.15, 0.2) is 0 Å². The Kier molecular flexibility index (Phi) is 8.58. The molecule has 6 nitrogen and oxygen atoms in total. The number of rotatable bonds is 9. The zero-order valence-corrected chi connectivity index (χ0v) is 16.9. The molecule has 0 bridgehead atoms. The van der Waals surface area contributed by atoms with Crippen LogP contribution in [0.1, 0.15) is 46.0 Å². The number of nitrogens with one attached hydrogen (secondary N) is 1. The van der Waals surface area contributed by atoms with Gasteiger partial charge in [0, 0.05) is 12.6 Å². The van der Waals surface area contributed by atoms with E-state index in [1.54, 1.807) is 19.2 Å². The number of likely N-dealkylation sites (N-methyl/N-ethyl adjacent to an activating group) is 2. The number of benzene rings is 1. The molecule has 0 spiro atoms. The molecule has 0 atom stereocenters. The third-order valence-corrected chi connectivity index (χ3v) is 5.23. The topological polar surface area (TPSA) is 61.9 Å². The lowest BCUT2D eigenvalue weighted by molar-refractivity contribution is -0.135. The first-order valence-corrected chi connectivity index (χ1v) is 10.0. The second kappa shape index (κ2) is 10.9. The molecule has 1 saturated carbocycles. The van der Waals surface area contributed by atoms with Crippen LogP contribution in [0, 0.1) is 0 Å². The van der Waals surface area contributed by atoms with Crippen LogP contribution in [0.25, 0.3) is 0 Å². The van der Waals surface area contributed by atoms with Crippen LogP contribution in [-0.2, 0) is 9.59 Å². The summed E-state index contributed by atoms with van der Waals surface area (Å²) in [7, 11) is 1.58. The summed E-state index contributed by atoms with van der Waals surface area (Å²) >= 11 is 0. The van der Waals surface area contributed by atoms with E-state index in [9.17, 15) is 9.59 Å². The number of hydrogen-bond donors (Lipinski definition) is 1. The number of amides is 2. The van der Waals surface area contributed by atoms with Crippen molar-refractivity contribution >= 4 is 17.5 Å². The standard InChI is InChI=1S/C21H33N3O3/c1-4-23(15-20(25)22-18-13-9-10-14-19(18)27-3)16-21(26)24(5-2)17-11-7-6-8-12-17/h9-10,13-14,17H,4-8,11-12,15-16H2,1-3H3,(H,22,25). The van der Waals surface area contributed by atoms with E-state index >= 15 is 0 Å². The molecule has 0 heterocycles. The van der Waals surface area contributed by atoms with E-state index in [2.05, 4.69) is 5.32 Å². The van der Waals surface area contributed by atoms with Crippen molar-refractivity contribution in [2.45, 2.75) is 52.0 Å². The van der Waals surface area contributed by atoms with Crippen LogP contribution < -0.4 is 10.1 Å². The third-order valence-electron chi connectivity index (χ3n) is 5.23. The number of ether oxygens (including phenoxy) is 1. The maximum atomic E-state index is 12.8. The lowest BCUT2D eigenvalue weighted by Crippen LogP contribution is -2.47. The minimum Gasteiger partial charge on any atom is -0.495 e. The maximum absolute atomic E-state index is 12.8. The molecule has 150 valence electrons. The minimum atomic E-state index is -0.144. The Hall–Kier alpha value is -2.08. The van der Waals surface area contributed by atoms with E-state index in [4.69, 9.17) is 4.74 Å². The van der Waals surface area contributed by atoms with Crippen molar-refractivity contribution in [1.82, 2.24) is 9.80 Å². The van der Waals surface area contributed by atoms with Crippen LogP contribution in [0.2, 0.25) is 0 Å². The Morgan fingerprint density at radius 2 is 1.78 bits per heavy atom. The van der Waals surface area contributed by atoms with E-state index in [1.807, 2.05) is 35.8 Å². The van der Waals surface area contributed by atoms with Gasteiger partial charge >= 0.3 is 0 Å². The summed E-state index contributed by atoms with van der Waals surface area (Å²) in [5.41, 5.74) is 0.643. The smallest absolute Gasteiger partial charge is 0.238 e. The summed E-state index contributed by atoms with van der Waals surface area (Å²) in [6.07, 6.45) is 5.87. The molecule has 2 rings (SSSR count). The predicted octanol–water partition coefficient (Wildman–Crippen LogP) is 3.14. The number of methoxy groups -OCH3 is 1. The van der Waals surface area contributed by atoms with Gasteiger partial charge in [0.05, 0.1) is 25.9 Å². The van der Waals surface area contributed by atoms with Gasteiger partial charge in [0.25, 0.3) is 0 Å². The largest absolute Gasteiger partial charge is 0.495 e. The number of carbonyl (C=O) groups excluding carboxylic acids is 2. The molecule has 0 aliphatic heterocycles. The lowest BCUT2D eigenvalue weighted by atomic mass is 9.94. The van der Waals surface area contributed by atoms with E-state index in [-0.39, 0.29) is 24.9 Å². The molecule has 6 heteroatoms. The normalized spacial score (nSPS) is 14.8. The van der Waals surface area contributed by atoms with Crippen molar-refractivity contribution in [1.29, 1.82) is 0 Å². The number of carbonyl (C=O) groups is 2. The number of para-hydroxylation sites is 2. The van der Waals surface area contributed by atoms with E-state index in [0.717, 1.165) is 19.4 Å². The number of hydrogen-bond acceptors (Lipinski definition) is 4. The van der Waals surface area contributed by atoms with Crippen molar-refractivity contribution in [2.75, 3.05) is 38.6 Å². The summed E-state index contributed by atoms with van der Waals surface area (Å²) in [6, 6.07) is 7.68. The summed E-state index contributed by atoms with van der Waals surface area (Å²) in [5, 5.41) is 2.88. The van der Waals surface area contributed by atoms with Crippen LogP contribution >= 0.6 is 0 Å². The van der Waals surface area contributed by atoms with Gasteiger partial charge in [-0.2, -0.15) is 0 Å². The molecule has 0 saturated heterocycles. The molecule has 1 aliphatic rings. The van der Waals surface area contributed by atoms with Crippen LogP contribution in [-0.4, -0.2) is 60.9 Å². The Bertz CT molecular complexity index is 614. The quantitative estimate of drug-likeness (QED) is 0.720. The van der Waals surface area contributed by atoms with Crippen molar-refractivity contribution < 1.29 is 14.3 Å². The Balaban J connectivity index is 1.91. The third kappa shape index (κ3) is 6.24. The molecule has 0 aromatic heterocycles. The second-order valence-electron chi connectivity index (χ2n) is 7.02. The van der Waals surface area contributed by atoms with Gasteiger partial charge in [-0.25, -0.2) is 0 Å². The summed E-state index contributed by atoms with van der Waals surface area (Å²) in [4.78, 5) is 29.1. The second-order valence-corrected chi connectivity index (χ2v) is 7.02. The van der Waals surface area contributed by atoms with Gasteiger partial charge in [0.1, 0.15) is 5.75 Å². The van der Waals surface area contributed by atoms with Crippen LogP contribution in [0.4, 0.5) is 5.69 Å². The summed E-state index contributed by atoms with van der Waals surface area (Å²) in [5.74, 6) is 0.602. The van der Waals surface area contributed by atoms with Crippen molar-refractivity contribution in [2.24, 2.45) is 0 Å². The highest BCUT2D eigenvalue weighted by Gasteiger charge is 2.25. The first kappa shape index (κ1) is 21.2. The lowest BCUT2D eigenvalue weighted by Gasteiger charge is -2.35. The Morgan fingerprint density at radius 3 is 2.41 bits per heavy atom. The predicted molar refractivity (Wildman–Crippen MR) is 108 cm³/mol. The zero-order valence-electron chi connectivity index (χ0n) is 16.9. The molecule has 0 unspecified atom stereocenters. The van der Waals surface area contributed by atoms with E-state index in [0.29, 0.717) is 24.0 Å². The highest BCUT2D eigenvalue weighted by molar-refractivity contribution is 5.94. The molecule has 0 radical (unpaired) electrons. The van der Waals surface area contributed by atoms with Crippen LogP contribution in [0.15, 0.2) is 24.3 Å². The molecule has 1 aromatic rings.